The molecule has 0 aliphatic carbocycles. The number of carbonyl (C=O) groups is 4. The number of aliphatic hydroxyl groups is 2. The number of thioether (sulfide) groups is 1. The van der Waals surface area contributed by atoms with E-state index in [0.29, 0.717) is 18.6 Å². The molecule has 0 saturated carbocycles. The lowest BCUT2D eigenvalue weighted by Crippen LogP contribution is -2.46. The second-order valence-electron chi connectivity index (χ2n) is 15.9. The van der Waals surface area contributed by atoms with Crippen molar-refractivity contribution in [2.45, 2.75) is 128 Å². The standard InChI is InChI=1S/C37H62N7O18P3S/c1-37(2,32(49)35(50)40-18-17-27(46)39-19-21-66-28(47)16-14-12-10-8-6-4-3-5-7-9-11-13-15-20-45)23-59-65(56,57)62-64(54,55)58-22-26-31(61-63(51,52)53)30(48)36(60-26)44-25-43-29-33(38)41-24-42-34(29)44/h4,6,20,24-26,30-32,36,48-49H,3,5,7-19,21-23H2,1-2H3,(H,39,46)(H,40,50)(H,54,55)(H,56,57)(H2,38,41,42)(H2,51,52,53)/b6-4-/t26-,30-,31-,32?,36-/m1/s1. The van der Waals surface area contributed by atoms with E-state index in [2.05, 4.69) is 46.6 Å². The van der Waals surface area contributed by atoms with E-state index in [1.165, 1.54) is 20.3 Å². The van der Waals surface area contributed by atoms with Gasteiger partial charge in [0.15, 0.2) is 22.8 Å². The molecule has 3 unspecified atom stereocenters. The van der Waals surface area contributed by atoms with E-state index in [1.807, 2.05) is 0 Å². The van der Waals surface area contributed by atoms with Crippen LogP contribution in [0.4, 0.5) is 5.82 Å². The predicted molar refractivity (Wildman–Crippen MR) is 238 cm³/mol. The molecule has 1 saturated heterocycles. The number of fused-ring (bicyclic) bond motifs is 1. The van der Waals surface area contributed by atoms with Gasteiger partial charge in [-0.15, -0.1) is 0 Å². The Balaban J connectivity index is 1.32. The lowest BCUT2D eigenvalue weighted by Gasteiger charge is -2.30. The molecule has 0 bridgehead atoms. The normalized spacial score (nSPS) is 20.2. The van der Waals surface area contributed by atoms with Crippen LogP contribution in [0.3, 0.4) is 0 Å². The summed E-state index contributed by atoms with van der Waals surface area (Å²) in [6, 6.07) is 0. The topological polar surface area (TPSA) is 381 Å². The van der Waals surface area contributed by atoms with E-state index in [0.717, 1.165) is 93.1 Å². The van der Waals surface area contributed by atoms with Gasteiger partial charge in [-0.25, -0.2) is 28.6 Å². The van der Waals surface area contributed by atoms with E-state index in [9.17, 15) is 62.7 Å². The third-order valence-corrected chi connectivity index (χ3v) is 13.9. The van der Waals surface area contributed by atoms with Crippen LogP contribution in [0, 0.1) is 5.41 Å². The van der Waals surface area contributed by atoms with Crippen molar-refractivity contribution in [3.63, 3.8) is 0 Å². The highest BCUT2D eigenvalue weighted by atomic mass is 32.2. The fraction of sp³-hybridized carbons (Fsp3) is 0.703. The molecule has 10 N–H and O–H groups in total. The molecule has 1 aliphatic rings. The first-order valence-electron chi connectivity index (χ1n) is 21.2. The summed E-state index contributed by atoms with van der Waals surface area (Å²) in [7, 11) is -16.4. The summed E-state index contributed by atoms with van der Waals surface area (Å²) in [6.45, 7) is 0.513. The monoisotopic (exact) mass is 1020 g/mol. The molecule has 374 valence electrons. The molecule has 3 heterocycles. The predicted octanol–water partition coefficient (Wildman–Crippen LogP) is 3.10. The zero-order valence-corrected chi connectivity index (χ0v) is 40.2. The summed E-state index contributed by atoms with van der Waals surface area (Å²) >= 11 is 1.12. The van der Waals surface area contributed by atoms with Crippen molar-refractivity contribution in [1.29, 1.82) is 0 Å². The Morgan fingerprint density at radius 2 is 1.55 bits per heavy atom. The number of hydrogen-bond donors (Lipinski definition) is 9. The highest BCUT2D eigenvalue weighted by molar-refractivity contribution is 8.13. The van der Waals surface area contributed by atoms with Crippen LogP contribution in [0.2, 0.25) is 0 Å². The molecule has 25 nitrogen and oxygen atoms in total. The fourth-order valence-electron chi connectivity index (χ4n) is 6.33. The summed E-state index contributed by atoms with van der Waals surface area (Å²) in [4.78, 5) is 98.5. The molecular formula is C37H62N7O18P3S. The van der Waals surface area contributed by atoms with Crippen LogP contribution in [-0.2, 0) is 55.5 Å². The number of nitrogens with two attached hydrogens (primary N) is 1. The van der Waals surface area contributed by atoms with Gasteiger partial charge in [-0.05, 0) is 38.5 Å². The first-order valence-corrected chi connectivity index (χ1v) is 26.7. The number of imidazole rings is 1. The molecule has 66 heavy (non-hydrogen) atoms. The van der Waals surface area contributed by atoms with Crippen molar-refractivity contribution in [3.05, 3.63) is 24.8 Å². The molecule has 7 atom stereocenters. The number of unbranched alkanes of at least 4 members (excludes halogenated alkanes) is 9. The van der Waals surface area contributed by atoms with E-state index >= 15 is 0 Å². The minimum Gasteiger partial charge on any atom is -0.386 e. The number of nitrogen functional groups attached to an aromatic ring is 1. The maximum Gasteiger partial charge on any atom is 0.481 e. The van der Waals surface area contributed by atoms with E-state index < -0.39 is 84.6 Å². The van der Waals surface area contributed by atoms with Gasteiger partial charge in [0, 0.05) is 43.5 Å². The number of phosphoric ester groups is 3. The lowest BCUT2D eigenvalue weighted by atomic mass is 9.87. The van der Waals surface area contributed by atoms with Gasteiger partial charge in [-0.3, -0.25) is 32.5 Å². The fourth-order valence-corrected chi connectivity index (χ4v) is 9.88. The van der Waals surface area contributed by atoms with Gasteiger partial charge in [-0.2, -0.15) is 4.31 Å². The van der Waals surface area contributed by atoms with Crippen molar-refractivity contribution in [3.8, 4) is 0 Å². The zero-order chi connectivity index (χ0) is 49.0. The van der Waals surface area contributed by atoms with Crippen molar-refractivity contribution < 1.29 is 85.3 Å². The van der Waals surface area contributed by atoms with Gasteiger partial charge < -0.3 is 55.7 Å². The minimum absolute atomic E-state index is 0.0294. The van der Waals surface area contributed by atoms with Crippen molar-refractivity contribution >= 4 is 75.4 Å². The van der Waals surface area contributed by atoms with Gasteiger partial charge >= 0.3 is 23.5 Å². The number of nitrogens with one attached hydrogen (secondary N) is 2. The highest BCUT2D eigenvalue weighted by Gasteiger charge is 2.50. The number of anilines is 1. The smallest absolute Gasteiger partial charge is 0.386 e. The Morgan fingerprint density at radius 1 is 0.909 bits per heavy atom. The first kappa shape index (κ1) is 57.3. The summed E-state index contributed by atoms with van der Waals surface area (Å²) in [5.41, 5.74) is 4.27. The Bertz CT molecular complexity index is 2060. The Kier molecular flexibility index (Phi) is 24.2. The van der Waals surface area contributed by atoms with Crippen molar-refractivity contribution in [2.24, 2.45) is 5.41 Å². The average molecular weight is 1020 g/mol. The number of rotatable bonds is 33. The molecule has 1 fully saturated rings. The third kappa shape index (κ3) is 20.7. The molecule has 1 aliphatic heterocycles. The summed E-state index contributed by atoms with van der Waals surface area (Å²) < 4.78 is 62.4. The lowest BCUT2D eigenvalue weighted by molar-refractivity contribution is -0.137. The Hall–Kier alpha value is -3.03. The number of ether oxygens (including phenoxy) is 1. The number of phosphoric acid groups is 3. The molecule has 29 heteroatoms. The Morgan fingerprint density at radius 3 is 2.21 bits per heavy atom. The second kappa shape index (κ2) is 27.8. The molecule has 2 aromatic rings. The molecule has 3 rings (SSSR count). The van der Waals surface area contributed by atoms with Crippen LogP contribution < -0.4 is 16.4 Å². The molecule has 0 radical (unpaired) electrons. The maximum absolute atomic E-state index is 12.7. The van der Waals surface area contributed by atoms with E-state index in [1.54, 1.807) is 0 Å². The highest BCUT2D eigenvalue weighted by Crippen LogP contribution is 2.61. The van der Waals surface area contributed by atoms with Crippen molar-refractivity contribution in [1.82, 2.24) is 30.2 Å². The van der Waals surface area contributed by atoms with Gasteiger partial charge in [0.1, 0.15) is 42.5 Å². The number of amides is 2. The number of aldehydes is 1. The molecule has 2 amide bonds. The van der Waals surface area contributed by atoms with Crippen LogP contribution in [0.1, 0.15) is 104 Å². The first-order chi connectivity index (χ1) is 31.1. The molecule has 0 aromatic carbocycles. The zero-order valence-electron chi connectivity index (χ0n) is 36.7. The van der Waals surface area contributed by atoms with Crippen molar-refractivity contribution in [2.75, 3.05) is 37.8 Å². The number of hydrogen-bond acceptors (Lipinski definition) is 19. The third-order valence-electron chi connectivity index (χ3n) is 9.88. The van der Waals surface area contributed by atoms with E-state index in [4.69, 9.17) is 19.5 Å². The SMILES string of the molecule is CC(C)(COP(=O)(O)OP(=O)(O)OC[C@H]1O[C@@H](n2cnc3c(N)ncnc32)[C@H](O)[C@@H]1OP(=O)(O)O)C(O)C(=O)NCCC(=O)NCCSC(=O)CCCCC/C=C\CCCCCCCC=O. The number of aliphatic hydroxyl groups excluding tert-OH is 2. The van der Waals surface area contributed by atoms with Crippen LogP contribution in [0.15, 0.2) is 24.8 Å². The largest absolute Gasteiger partial charge is 0.481 e. The Labute approximate surface area is 385 Å². The van der Waals surface area contributed by atoms with Crippen LogP contribution in [-0.4, -0.2) is 129 Å². The minimum atomic E-state index is -5.58. The molecule has 2 aromatic heterocycles. The maximum atomic E-state index is 12.7. The average Bonchev–Trinajstić information content (AvgIpc) is 3.80. The number of allylic oxidation sites excluding steroid dienone is 2. The van der Waals surface area contributed by atoms with Gasteiger partial charge in [-0.1, -0.05) is 63.4 Å². The molecular weight excluding hydrogens is 955 g/mol. The summed E-state index contributed by atoms with van der Waals surface area (Å²) in [6.07, 6.45) is 9.78. The quantitative estimate of drug-likeness (QED) is 0.0215. The summed E-state index contributed by atoms with van der Waals surface area (Å²) in [5.74, 6) is -1.08. The molecule has 0 spiro atoms. The van der Waals surface area contributed by atoms with E-state index in [-0.39, 0.29) is 41.6 Å². The summed E-state index contributed by atoms with van der Waals surface area (Å²) in [5, 5.41) is 26.6. The number of nitrogens with zero attached hydrogens (tertiary/aromatic N) is 4. The second-order valence-corrected chi connectivity index (χ2v) is 21.3. The number of aromatic nitrogens is 4. The van der Waals surface area contributed by atoms with Crippen LogP contribution in [0.25, 0.3) is 11.2 Å². The van der Waals surface area contributed by atoms with Crippen LogP contribution >= 0.6 is 35.2 Å². The van der Waals surface area contributed by atoms with Gasteiger partial charge in [0.05, 0.1) is 19.5 Å². The van der Waals surface area contributed by atoms with Gasteiger partial charge in [0.2, 0.25) is 11.8 Å². The van der Waals surface area contributed by atoms with Gasteiger partial charge in [0.25, 0.3) is 0 Å². The number of carbonyl (C=O) groups excluding carboxylic acids is 4. The van der Waals surface area contributed by atoms with Crippen LogP contribution in [0.5, 0.6) is 0 Å².